The van der Waals surface area contributed by atoms with Crippen LogP contribution in [0.3, 0.4) is 0 Å². The molecule has 1 aromatic carbocycles. The van der Waals surface area contributed by atoms with E-state index in [1.165, 1.54) is 30.1 Å². The van der Waals surface area contributed by atoms with Crippen molar-refractivity contribution in [2.24, 2.45) is 0 Å². The number of nitrogens with one attached hydrogen (secondary N) is 2. The molecule has 0 bridgehead atoms. The average Bonchev–Trinajstić information content (AvgIpc) is 2.52. The van der Waals surface area contributed by atoms with Crippen molar-refractivity contribution in [2.45, 2.75) is 11.8 Å². The Morgan fingerprint density at radius 2 is 1.86 bits per heavy atom. The van der Waals surface area contributed by atoms with Crippen molar-refractivity contribution < 1.29 is 9.59 Å². The quantitative estimate of drug-likeness (QED) is 0.512. The molecule has 2 rings (SSSR count). The number of carbonyl (C=O) groups excluding carboxylic acids is 2. The molecule has 0 aliphatic rings. The summed E-state index contributed by atoms with van der Waals surface area (Å²) in [6.07, 6.45) is 1.34. The van der Waals surface area contributed by atoms with E-state index in [-0.39, 0.29) is 11.7 Å². The number of thioether (sulfide) groups is 1. The van der Waals surface area contributed by atoms with Gasteiger partial charge in [-0.3, -0.25) is 20.4 Å². The highest BCUT2D eigenvalue weighted by Crippen LogP contribution is 2.17. The molecule has 0 saturated heterocycles. The molecular weight excluding hydrogens is 322 g/mol. The lowest BCUT2D eigenvalue weighted by Crippen LogP contribution is -2.42. The van der Waals surface area contributed by atoms with Crippen LogP contribution in [0.4, 0.5) is 0 Å². The number of rotatable bonds is 4. The van der Waals surface area contributed by atoms with Gasteiger partial charge in [-0.05, 0) is 31.2 Å². The minimum Gasteiger partial charge on any atom is -0.272 e. The van der Waals surface area contributed by atoms with Gasteiger partial charge in [0.15, 0.2) is 0 Å². The molecule has 7 heteroatoms. The molecule has 0 unspecified atom stereocenters. The van der Waals surface area contributed by atoms with E-state index in [9.17, 15) is 9.59 Å². The van der Waals surface area contributed by atoms with Crippen molar-refractivity contribution in [2.75, 3.05) is 5.75 Å². The van der Waals surface area contributed by atoms with E-state index >= 15 is 0 Å². The monoisotopic (exact) mass is 335 g/mol. The lowest BCUT2D eigenvalue weighted by molar-refractivity contribution is -0.119. The number of hydrogen-bond acceptors (Lipinski definition) is 4. The molecule has 0 radical (unpaired) electrons. The van der Waals surface area contributed by atoms with E-state index in [4.69, 9.17) is 11.6 Å². The predicted molar refractivity (Wildman–Crippen MR) is 86.8 cm³/mol. The zero-order valence-electron chi connectivity index (χ0n) is 11.8. The molecule has 2 N–H and O–H groups in total. The van der Waals surface area contributed by atoms with Crippen LogP contribution in [0.15, 0.2) is 47.5 Å². The first kappa shape index (κ1) is 16.3. The summed E-state index contributed by atoms with van der Waals surface area (Å²) in [5.41, 5.74) is 6.17. The Hall–Kier alpha value is -2.05. The van der Waals surface area contributed by atoms with Crippen LogP contribution in [0.2, 0.25) is 5.15 Å². The molecule has 22 heavy (non-hydrogen) atoms. The number of benzene rings is 1. The normalized spacial score (nSPS) is 10.1. The molecule has 5 nitrogen and oxygen atoms in total. The fourth-order valence-corrected chi connectivity index (χ4v) is 2.34. The Bertz CT molecular complexity index is 659. The highest BCUT2D eigenvalue weighted by atomic mass is 35.5. The maximum atomic E-state index is 11.8. The predicted octanol–water partition coefficient (Wildman–Crippen LogP) is 2.60. The standard InChI is InChI=1S/C15H14ClN3O2S/c1-10-2-5-12(6-3-10)22-9-14(20)18-19-15(21)11-4-7-13(16)17-8-11/h2-8H,9H2,1H3,(H,18,20)(H,19,21). The summed E-state index contributed by atoms with van der Waals surface area (Å²) in [5, 5.41) is 0.301. The Morgan fingerprint density at radius 3 is 2.50 bits per heavy atom. The number of aryl methyl sites for hydroxylation is 1. The topological polar surface area (TPSA) is 71.1 Å². The van der Waals surface area contributed by atoms with Crippen molar-refractivity contribution in [1.29, 1.82) is 0 Å². The third-order valence-electron chi connectivity index (χ3n) is 2.70. The maximum Gasteiger partial charge on any atom is 0.271 e. The van der Waals surface area contributed by atoms with Crippen molar-refractivity contribution in [3.63, 3.8) is 0 Å². The number of nitrogens with zero attached hydrogens (tertiary/aromatic N) is 1. The van der Waals surface area contributed by atoms with Crippen molar-refractivity contribution in [1.82, 2.24) is 15.8 Å². The molecule has 0 fully saturated rings. The van der Waals surface area contributed by atoms with Crippen LogP contribution in [0.25, 0.3) is 0 Å². The zero-order chi connectivity index (χ0) is 15.9. The van der Waals surface area contributed by atoms with E-state index in [0.29, 0.717) is 10.7 Å². The van der Waals surface area contributed by atoms with E-state index < -0.39 is 5.91 Å². The minimum atomic E-state index is -0.446. The van der Waals surface area contributed by atoms with Crippen molar-refractivity contribution >= 4 is 35.2 Å². The summed E-state index contributed by atoms with van der Waals surface area (Å²) in [6, 6.07) is 10.9. The summed E-state index contributed by atoms with van der Waals surface area (Å²) < 4.78 is 0. The van der Waals surface area contributed by atoms with Crippen LogP contribution in [-0.2, 0) is 4.79 Å². The highest BCUT2D eigenvalue weighted by molar-refractivity contribution is 8.00. The number of hydrogen-bond donors (Lipinski definition) is 2. The molecule has 1 heterocycles. The number of aromatic nitrogens is 1. The molecule has 2 aromatic rings. The number of hydrazine groups is 1. The van der Waals surface area contributed by atoms with E-state index in [0.717, 1.165) is 10.5 Å². The summed E-state index contributed by atoms with van der Waals surface area (Å²) in [6.45, 7) is 2.00. The molecule has 1 aromatic heterocycles. The molecule has 0 saturated carbocycles. The second-order valence-electron chi connectivity index (χ2n) is 4.47. The molecule has 0 aliphatic carbocycles. The van der Waals surface area contributed by atoms with Gasteiger partial charge in [0, 0.05) is 11.1 Å². The van der Waals surface area contributed by atoms with Gasteiger partial charge in [-0.2, -0.15) is 0 Å². The van der Waals surface area contributed by atoms with Crippen LogP contribution in [0, 0.1) is 6.92 Å². The number of pyridine rings is 1. The smallest absolute Gasteiger partial charge is 0.271 e. The first-order valence-electron chi connectivity index (χ1n) is 6.45. The van der Waals surface area contributed by atoms with Crippen molar-refractivity contribution in [3.8, 4) is 0 Å². The van der Waals surface area contributed by atoms with Crippen molar-refractivity contribution in [3.05, 3.63) is 58.9 Å². The number of carbonyl (C=O) groups is 2. The zero-order valence-corrected chi connectivity index (χ0v) is 13.4. The highest BCUT2D eigenvalue weighted by Gasteiger charge is 2.08. The van der Waals surface area contributed by atoms with E-state index in [2.05, 4.69) is 15.8 Å². The third-order valence-corrected chi connectivity index (χ3v) is 3.93. The lowest BCUT2D eigenvalue weighted by atomic mass is 10.2. The summed E-state index contributed by atoms with van der Waals surface area (Å²) in [5.74, 6) is -0.527. The lowest BCUT2D eigenvalue weighted by Gasteiger charge is -2.07. The van der Waals surface area contributed by atoms with Gasteiger partial charge in [-0.15, -0.1) is 11.8 Å². The van der Waals surface area contributed by atoms with Gasteiger partial charge in [-0.1, -0.05) is 29.3 Å². The Balaban J connectivity index is 1.76. The van der Waals surface area contributed by atoms with Crippen LogP contribution >= 0.6 is 23.4 Å². The third kappa shape index (κ3) is 5.05. The molecular formula is C15H14ClN3O2S. The van der Waals surface area contributed by atoms with Gasteiger partial charge in [0.25, 0.3) is 5.91 Å². The van der Waals surface area contributed by atoms with E-state index in [1.54, 1.807) is 0 Å². The Labute approximate surface area is 137 Å². The summed E-state index contributed by atoms with van der Waals surface area (Å²) in [4.78, 5) is 28.2. The summed E-state index contributed by atoms with van der Waals surface area (Å²) in [7, 11) is 0. The summed E-state index contributed by atoms with van der Waals surface area (Å²) >= 11 is 7.03. The number of amides is 2. The Morgan fingerprint density at radius 1 is 1.14 bits per heavy atom. The molecule has 0 aliphatic heterocycles. The van der Waals surface area contributed by atoms with Crippen LogP contribution in [-0.4, -0.2) is 22.6 Å². The largest absolute Gasteiger partial charge is 0.272 e. The van der Waals surface area contributed by atoms with Gasteiger partial charge in [0.1, 0.15) is 5.15 Å². The average molecular weight is 336 g/mol. The van der Waals surface area contributed by atoms with Crippen LogP contribution < -0.4 is 10.9 Å². The second kappa shape index (κ2) is 7.82. The first-order chi connectivity index (χ1) is 10.5. The Kier molecular flexibility index (Phi) is 5.80. The van der Waals surface area contributed by atoms with Crippen LogP contribution in [0.5, 0.6) is 0 Å². The SMILES string of the molecule is Cc1ccc(SCC(=O)NNC(=O)c2ccc(Cl)nc2)cc1. The van der Waals surface area contributed by atoms with Gasteiger partial charge in [0.05, 0.1) is 11.3 Å². The molecule has 0 atom stereocenters. The van der Waals surface area contributed by atoms with Gasteiger partial charge in [-0.25, -0.2) is 4.98 Å². The molecule has 114 valence electrons. The fourth-order valence-electron chi connectivity index (χ4n) is 1.53. The number of halogens is 1. The minimum absolute atomic E-state index is 0.211. The fraction of sp³-hybridized carbons (Fsp3) is 0.133. The van der Waals surface area contributed by atoms with Gasteiger partial charge >= 0.3 is 0 Å². The van der Waals surface area contributed by atoms with E-state index in [1.807, 2.05) is 31.2 Å². The molecule has 0 spiro atoms. The van der Waals surface area contributed by atoms with Gasteiger partial charge in [0.2, 0.25) is 5.91 Å². The molecule has 2 amide bonds. The first-order valence-corrected chi connectivity index (χ1v) is 7.81. The second-order valence-corrected chi connectivity index (χ2v) is 5.91. The van der Waals surface area contributed by atoms with Crippen LogP contribution in [0.1, 0.15) is 15.9 Å². The maximum absolute atomic E-state index is 11.8. The van der Waals surface area contributed by atoms with Gasteiger partial charge < -0.3 is 0 Å².